The number of rotatable bonds is 5. The number of benzene rings is 2. The van der Waals surface area contributed by atoms with E-state index < -0.39 is 0 Å². The molecule has 0 amide bonds. The summed E-state index contributed by atoms with van der Waals surface area (Å²) < 4.78 is 0. The fourth-order valence-corrected chi connectivity index (χ4v) is 2.60. The van der Waals surface area contributed by atoms with Gasteiger partial charge in [-0.2, -0.15) is 0 Å². The highest BCUT2D eigenvalue weighted by Gasteiger charge is 2.02. The molecule has 0 radical (unpaired) electrons. The summed E-state index contributed by atoms with van der Waals surface area (Å²) in [5.74, 6) is 0. The average Bonchev–Trinajstić information content (AvgIpc) is 2.53. The van der Waals surface area contributed by atoms with E-state index in [1.807, 2.05) is 0 Å². The molecule has 0 unspecified atom stereocenters. The third-order valence-electron chi connectivity index (χ3n) is 3.24. The quantitative estimate of drug-likeness (QED) is 0.534. The normalized spacial score (nSPS) is 10.3. The van der Waals surface area contributed by atoms with Gasteiger partial charge in [-0.05, 0) is 33.4 Å². The van der Waals surface area contributed by atoms with Crippen molar-refractivity contribution in [2.24, 2.45) is 0 Å². The number of hydrogen-bond donors (Lipinski definition) is 0. The Morgan fingerprint density at radius 1 is 0.650 bits per heavy atom. The number of alkyl halides is 2. The van der Waals surface area contributed by atoms with Crippen molar-refractivity contribution in [1.82, 2.24) is 0 Å². The van der Waals surface area contributed by atoms with Gasteiger partial charge in [-0.25, -0.2) is 0 Å². The van der Waals surface area contributed by atoms with Crippen molar-refractivity contribution in [3.63, 3.8) is 0 Å². The summed E-state index contributed by atoms with van der Waals surface area (Å²) >= 11 is 6.86. The lowest BCUT2D eigenvalue weighted by atomic mass is 9.99. The molecule has 0 saturated heterocycles. The van der Waals surface area contributed by atoms with Crippen molar-refractivity contribution in [1.29, 1.82) is 0 Å². The second-order valence-electron chi connectivity index (χ2n) is 4.63. The van der Waals surface area contributed by atoms with Crippen LogP contribution in [-0.4, -0.2) is 10.7 Å². The van der Waals surface area contributed by atoms with Crippen molar-refractivity contribution >= 4 is 43.0 Å². The monoisotopic (exact) mass is 390 g/mol. The summed E-state index contributed by atoms with van der Waals surface area (Å²) in [6.45, 7) is 8.05. The molecule has 0 spiro atoms. The predicted octanol–water partition coefficient (Wildman–Crippen LogP) is 6.17. The highest BCUT2D eigenvalue weighted by atomic mass is 79.9. The van der Waals surface area contributed by atoms with Crippen LogP contribution in [0.25, 0.3) is 22.3 Å². The molecule has 2 heteroatoms. The van der Waals surface area contributed by atoms with E-state index >= 15 is 0 Å². The maximum absolute atomic E-state index is 4.03. The van der Waals surface area contributed by atoms with Crippen LogP contribution in [0.15, 0.2) is 61.7 Å². The number of hydrogen-bond acceptors (Lipinski definition) is 0. The third kappa shape index (κ3) is 3.50. The first kappa shape index (κ1) is 15.3. The molecule has 0 nitrogen and oxygen atoms in total. The molecule has 0 fully saturated rings. The lowest BCUT2D eigenvalue weighted by Crippen LogP contribution is -1.86. The predicted molar refractivity (Wildman–Crippen MR) is 97.5 cm³/mol. The Morgan fingerprint density at radius 2 is 0.950 bits per heavy atom. The molecule has 0 aliphatic heterocycles. The first-order valence-corrected chi connectivity index (χ1v) is 8.58. The van der Waals surface area contributed by atoms with Gasteiger partial charge in [0.1, 0.15) is 0 Å². The van der Waals surface area contributed by atoms with Gasteiger partial charge in [0, 0.05) is 10.7 Å². The molecule has 0 aliphatic rings. The summed E-state index contributed by atoms with van der Waals surface area (Å²) in [4.78, 5) is 0. The molecule has 0 aliphatic carbocycles. The van der Waals surface area contributed by atoms with Crippen molar-refractivity contribution < 1.29 is 0 Å². The minimum absolute atomic E-state index is 0.801. The second kappa shape index (κ2) is 7.05. The number of halogens is 2. The molecule has 2 rings (SSSR count). The van der Waals surface area contributed by atoms with Crippen LogP contribution in [0.3, 0.4) is 0 Å². The summed E-state index contributed by atoms with van der Waals surface area (Å²) in [6, 6.07) is 17.0. The van der Waals surface area contributed by atoms with E-state index in [4.69, 9.17) is 0 Å². The Hall–Kier alpha value is -1.12. The summed E-state index contributed by atoms with van der Waals surface area (Å²) in [5, 5.41) is 1.60. The van der Waals surface area contributed by atoms with Crippen LogP contribution in [0.1, 0.15) is 11.1 Å². The van der Waals surface area contributed by atoms with E-state index in [2.05, 4.69) is 93.5 Å². The van der Waals surface area contributed by atoms with Crippen molar-refractivity contribution in [2.75, 3.05) is 10.7 Å². The second-order valence-corrected chi connectivity index (χ2v) is 5.75. The van der Waals surface area contributed by atoms with Crippen LogP contribution in [0.5, 0.6) is 0 Å². The lowest BCUT2D eigenvalue weighted by molar-refractivity contribution is 1.54. The number of allylic oxidation sites excluding steroid dienone is 2. The van der Waals surface area contributed by atoms with Crippen LogP contribution in [0, 0.1) is 0 Å². The molecule has 0 bridgehead atoms. The van der Waals surface area contributed by atoms with Gasteiger partial charge >= 0.3 is 0 Å². The van der Waals surface area contributed by atoms with Crippen LogP contribution >= 0.6 is 31.9 Å². The van der Waals surface area contributed by atoms with Crippen LogP contribution in [-0.2, 0) is 0 Å². The van der Waals surface area contributed by atoms with Crippen molar-refractivity contribution in [3.8, 4) is 11.1 Å². The van der Waals surface area contributed by atoms with Gasteiger partial charge in [0.15, 0.2) is 0 Å². The standard InChI is InChI=1S/C18H16Br2/c1-13(11-19)15-3-7-17(8-4-15)18-9-5-16(6-10-18)14(2)12-20/h3-10H,1-2,11-12H2. The van der Waals surface area contributed by atoms with E-state index in [1.54, 1.807) is 0 Å². The van der Waals surface area contributed by atoms with Crippen molar-refractivity contribution in [3.05, 3.63) is 72.8 Å². The Balaban J connectivity index is 2.23. The molecule has 20 heavy (non-hydrogen) atoms. The summed E-state index contributed by atoms with van der Waals surface area (Å²) in [5.41, 5.74) is 6.98. The summed E-state index contributed by atoms with van der Waals surface area (Å²) in [7, 11) is 0. The van der Waals surface area contributed by atoms with Gasteiger partial charge in [-0.15, -0.1) is 0 Å². The molecular formula is C18H16Br2. The van der Waals surface area contributed by atoms with Gasteiger partial charge in [0.25, 0.3) is 0 Å². The highest BCUT2D eigenvalue weighted by Crippen LogP contribution is 2.24. The fourth-order valence-electron chi connectivity index (χ4n) is 1.95. The third-order valence-corrected chi connectivity index (χ3v) is 4.60. The molecule has 0 atom stereocenters. The SMILES string of the molecule is C=C(CBr)c1ccc(-c2ccc(C(=C)CBr)cc2)cc1. The van der Waals surface area contributed by atoms with Gasteiger partial charge in [0.05, 0.1) is 0 Å². The van der Waals surface area contributed by atoms with E-state index in [9.17, 15) is 0 Å². The zero-order chi connectivity index (χ0) is 14.5. The maximum Gasteiger partial charge on any atom is 0.0283 e. The molecule has 0 saturated carbocycles. The fraction of sp³-hybridized carbons (Fsp3) is 0.111. The molecule has 102 valence electrons. The van der Waals surface area contributed by atoms with Crippen LogP contribution < -0.4 is 0 Å². The Kier molecular flexibility index (Phi) is 5.38. The minimum atomic E-state index is 0.801. The molecule has 0 heterocycles. The molecule has 2 aromatic rings. The Bertz CT molecular complexity index is 549. The van der Waals surface area contributed by atoms with Gasteiger partial charge in [-0.3, -0.25) is 0 Å². The van der Waals surface area contributed by atoms with Crippen LogP contribution in [0.2, 0.25) is 0 Å². The van der Waals surface area contributed by atoms with E-state index in [-0.39, 0.29) is 0 Å². The molecule has 0 aromatic heterocycles. The van der Waals surface area contributed by atoms with E-state index in [1.165, 1.54) is 22.3 Å². The first-order valence-electron chi connectivity index (χ1n) is 6.34. The molecular weight excluding hydrogens is 376 g/mol. The maximum atomic E-state index is 4.03. The lowest BCUT2D eigenvalue weighted by Gasteiger charge is -2.07. The topological polar surface area (TPSA) is 0 Å². The first-order chi connectivity index (χ1) is 9.65. The highest BCUT2D eigenvalue weighted by molar-refractivity contribution is 9.09. The molecule has 2 aromatic carbocycles. The Morgan fingerprint density at radius 3 is 1.20 bits per heavy atom. The molecule has 0 N–H and O–H groups in total. The zero-order valence-electron chi connectivity index (χ0n) is 11.2. The smallest absolute Gasteiger partial charge is 0.0283 e. The van der Waals surface area contributed by atoms with Gasteiger partial charge in [0.2, 0.25) is 0 Å². The van der Waals surface area contributed by atoms with Crippen molar-refractivity contribution in [2.45, 2.75) is 0 Å². The average molecular weight is 392 g/mol. The van der Waals surface area contributed by atoms with Gasteiger partial charge < -0.3 is 0 Å². The largest absolute Gasteiger partial charge is 0.0944 e. The van der Waals surface area contributed by atoms with Crippen LogP contribution in [0.4, 0.5) is 0 Å². The zero-order valence-corrected chi connectivity index (χ0v) is 14.4. The summed E-state index contributed by atoms with van der Waals surface area (Å²) in [6.07, 6.45) is 0. The Labute approximate surface area is 137 Å². The van der Waals surface area contributed by atoms with E-state index in [0.717, 1.165) is 21.8 Å². The minimum Gasteiger partial charge on any atom is -0.0944 e. The van der Waals surface area contributed by atoms with E-state index in [0.29, 0.717) is 0 Å². The van der Waals surface area contributed by atoms with Gasteiger partial charge in [-0.1, -0.05) is 93.5 Å².